The fourth-order valence-corrected chi connectivity index (χ4v) is 3.25. The molecule has 0 spiro atoms. The SMILES string of the molecule is Cc1c(C(F)(F)F)ccc(Oc2ccc(OC(C)C)c(F)c2F)c1C(=O)Nc1ccnc(C(N)=O)c1. The second-order valence-electron chi connectivity index (χ2n) is 7.82. The summed E-state index contributed by atoms with van der Waals surface area (Å²) in [5.41, 5.74) is 2.69. The lowest BCUT2D eigenvalue weighted by Crippen LogP contribution is -2.19. The lowest BCUT2D eigenvalue weighted by molar-refractivity contribution is -0.138. The molecule has 0 bridgehead atoms. The van der Waals surface area contributed by atoms with E-state index in [0.29, 0.717) is 6.07 Å². The number of ether oxygens (including phenoxy) is 2. The second-order valence-corrected chi connectivity index (χ2v) is 7.82. The van der Waals surface area contributed by atoms with Crippen molar-refractivity contribution in [1.29, 1.82) is 0 Å². The molecule has 0 aliphatic carbocycles. The maximum absolute atomic E-state index is 14.7. The normalized spacial score (nSPS) is 11.4. The molecule has 0 atom stereocenters. The van der Waals surface area contributed by atoms with Crippen molar-refractivity contribution < 1.29 is 41.0 Å². The summed E-state index contributed by atoms with van der Waals surface area (Å²) in [7, 11) is 0. The van der Waals surface area contributed by atoms with Crippen LogP contribution >= 0.6 is 0 Å². The largest absolute Gasteiger partial charge is 0.488 e. The van der Waals surface area contributed by atoms with Crippen molar-refractivity contribution >= 4 is 17.5 Å². The van der Waals surface area contributed by atoms with Gasteiger partial charge in [0.15, 0.2) is 11.5 Å². The van der Waals surface area contributed by atoms with E-state index in [2.05, 4.69) is 10.3 Å². The lowest BCUT2D eigenvalue weighted by atomic mass is 10.00. The number of hydrogen-bond donors (Lipinski definition) is 2. The molecule has 3 aromatic rings. The summed E-state index contributed by atoms with van der Waals surface area (Å²) in [6.45, 7) is 4.24. The Kier molecular flexibility index (Phi) is 7.46. The fourth-order valence-electron chi connectivity index (χ4n) is 3.25. The van der Waals surface area contributed by atoms with Gasteiger partial charge in [-0.3, -0.25) is 14.6 Å². The number of anilines is 1. The van der Waals surface area contributed by atoms with Gasteiger partial charge in [0.25, 0.3) is 11.8 Å². The topological polar surface area (TPSA) is 104 Å². The lowest BCUT2D eigenvalue weighted by Gasteiger charge is -2.19. The molecule has 12 heteroatoms. The molecule has 1 aromatic heterocycles. The predicted octanol–water partition coefficient (Wildman–Crippen LogP) is 5.62. The number of alkyl halides is 3. The van der Waals surface area contributed by atoms with E-state index in [1.807, 2.05) is 0 Å². The number of nitrogens with one attached hydrogen (secondary N) is 1. The van der Waals surface area contributed by atoms with Gasteiger partial charge < -0.3 is 20.5 Å². The smallest absolute Gasteiger partial charge is 0.416 e. The van der Waals surface area contributed by atoms with Crippen LogP contribution in [0.1, 0.15) is 45.8 Å². The maximum atomic E-state index is 14.7. The molecule has 3 rings (SSSR count). The Hall–Kier alpha value is -4.22. The van der Waals surface area contributed by atoms with Crippen LogP contribution in [0.3, 0.4) is 0 Å². The molecule has 0 saturated carbocycles. The van der Waals surface area contributed by atoms with Crippen LogP contribution in [0.15, 0.2) is 42.6 Å². The van der Waals surface area contributed by atoms with E-state index in [-0.39, 0.29) is 17.1 Å². The molecule has 190 valence electrons. The zero-order valence-corrected chi connectivity index (χ0v) is 19.2. The van der Waals surface area contributed by atoms with Crippen molar-refractivity contribution in [2.24, 2.45) is 5.73 Å². The Balaban J connectivity index is 2.06. The van der Waals surface area contributed by atoms with Gasteiger partial charge in [-0.1, -0.05) is 0 Å². The van der Waals surface area contributed by atoms with Gasteiger partial charge in [0.1, 0.15) is 11.4 Å². The Morgan fingerprint density at radius 2 is 1.61 bits per heavy atom. The van der Waals surface area contributed by atoms with Gasteiger partial charge in [-0.15, -0.1) is 0 Å². The minimum absolute atomic E-state index is 0.000950. The number of hydrogen-bond acceptors (Lipinski definition) is 5. The van der Waals surface area contributed by atoms with Crippen LogP contribution in [0, 0.1) is 18.6 Å². The third-order valence-electron chi connectivity index (χ3n) is 4.82. The molecule has 2 aromatic carbocycles. The van der Waals surface area contributed by atoms with E-state index in [9.17, 15) is 31.5 Å². The zero-order valence-electron chi connectivity index (χ0n) is 19.2. The van der Waals surface area contributed by atoms with Crippen LogP contribution in [0.2, 0.25) is 0 Å². The highest BCUT2D eigenvalue weighted by molar-refractivity contribution is 6.08. The first kappa shape index (κ1) is 26.4. The summed E-state index contributed by atoms with van der Waals surface area (Å²) in [4.78, 5) is 28.1. The van der Waals surface area contributed by atoms with Crippen molar-refractivity contribution in [3.8, 4) is 17.2 Å². The van der Waals surface area contributed by atoms with Gasteiger partial charge in [0, 0.05) is 11.9 Å². The third-order valence-corrected chi connectivity index (χ3v) is 4.82. The first-order valence-electron chi connectivity index (χ1n) is 10.4. The van der Waals surface area contributed by atoms with Crippen LogP contribution in [0.5, 0.6) is 17.2 Å². The number of aromatic nitrogens is 1. The second kappa shape index (κ2) is 10.2. The van der Waals surface area contributed by atoms with E-state index in [1.165, 1.54) is 6.07 Å². The summed E-state index contributed by atoms with van der Waals surface area (Å²) in [6.07, 6.45) is -4.12. The van der Waals surface area contributed by atoms with Gasteiger partial charge in [0.05, 0.1) is 17.2 Å². The Morgan fingerprint density at radius 3 is 2.22 bits per heavy atom. The molecule has 0 saturated heterocycles. The fraction of sp³-hybridized carbons (Fsp3) is 0.208. The van der Waals surface area contributed by atoms with Crippen LogP contribution in [-0.2, 0) is 6.18 Å². The highest BCUT2D eigenvalue weighted by atomic mass is 19.4. The molecule has 1 heterocycles. The molecule has 0 aliphatic rings. The number of nitrogens with zero attached hydrogens (tertiary/aromatic N) is 1. The van der Waals surface area contributed by atoms with Crippen molar-refractivity contribution in [2.45, 2.75) is 33.1 Å². The van der Waals surface area contributed by atoms with Crippen molar-refractivity contribution in [1.82, 2.24) is 4.98 Å². The highest BCUT2D eigenvalue weighted by Crippen LogP contribution is 2.39. The number of carbonyl (C=O) groups excluding carboxylic acids is 2. The van der Waals surface area contributed by atoms with E-state index >= 15 is 0 Å². The summed E-state index contributed by atoms with van der Waals surface area (Å²) in [5.74, 6) is -6.35. The minimum atomic E-state index is -4.82. The summed E-state index contributed by atoms with van der Waals surface area (Å²) in [5, 5.41) is 2.33. The number of carbonyl (C=O) groups is 2. The standard InChI is InChI=1S/C24H20F5N3O4/c1-11(2)35-17-6-7-18(21(26)20(17)25)36-16-5-4-14(24(27,28)29)12(3)19(16)23(34)32-13-8-9-31-15(10-13)22(30)33/h4-11H,1-3H3,(H2,30,33)(H,31,32,34). The Morgan fingerprint density at radius 1 is 1.00 bits per heavy atom. The summed E-state index contributed by atoms with van der Waals surface area (Å²) < 4.78 is 80.2. The van der Waals surface area contributed by atoms with Gasteiger partial charge in [-0.2, -0.15) is 22.0 Å². The van der Waals surface area contributed by atoms with E-state index in [4.69, 9.17) is 15.2 Å². The van der Waals surface area contributed by atoms with E-state index in [1.54, 1.807) is 13.8 Å². The number of halogens is 5. The van der Waals surface area contributed by atoms with Gasteiger partial charge in [-0.05, 0) is 62.7 Å². The van der Waals surface area contributed by atoms with E-state index in [0.717, 1.165) is 37.4 Å². The van der Waals surface area contributed by atoms with Crippen molar-refractivity contribution in [3.05, 3.63) is 76.6 Å². The molecule has 0 aliphatic heterocycles. The highest BCUT2D eigenvalue weighted by Gasteiger charge is 2.35. The van der Waals surface area contributed by atoms with Crippen LogP contribution in [0.4, 0.5) is 27.6 Å². The number of pyridine rings is 1. The monoisotopic (exact) mass is 509 g/mol. The maximum Gasteiger partial charge on any atom is 0.416 e. The number of rotatable bonds is 7. The Labute approximate surface area is 202 Å². The molecule has 2 amide bonds. The van der Waals surface area contributed by atoms with Gasteiger partial charge in [-0.25, -0.2) is 0 Å². The number of nitrogens with two attached hydrogens (primary N) is 1. The minimum Gasteiger partial charge on any atom is -0.488 e. The predicted molar refractivity (Wildman–Crippen MR) is 119 cm³/mol. The first-order chi connectivity index (χ1) is 16.8. The molecular formula is C24H20F5N3O4. The van der Waals surface area contributed by atoms with Crippen molar-refractivity contribution in [3.63, 3.8) is 0 Å². The quantitative estimate of drug-likeness (QED) is 0.403. The van der Waals surface area contributed by atoms with Crippen molar-refractivity contribution in [2.75, 3.05) is 5.32 Å². The zero-order chi connectivity index (χ0) is 26.8. The number of primary amides is 1. The molecule has 36 heavy (non-hydrogen) atoms. The van der Waals surface area contributed by atoms with Gasteiger partial charge in [0.2, 0.25) is 11.6 Å². The summed E-state index contributed by atoms with van der Waals surface area (Å²) >= 11 is 0. The molecule has 0 fully saturated rings. The van der Waals surface area contributed by atoms with E-state index < -0.39 is 63.9 Å². The van der Waals surface area contributed by atoms with Crippen LogP contribution in [0.25, 0.3) is 0 Å². The molecular weight excluding hydrogens is 489 g/mol. The molecule has 0 unspecified atom stereocenters. The molecule has 0 radical (unpaired) electrons. The Bertz CT molecular complexity index is 1330. The summed E-state index contributed by atoms with van der Waals surface area (Å²) in [6, 6.07) is 5.98. The first-order valence-corrected chi connectivity index (χ1v) is 10.4. The van der Waals surface area contributed by atoms with Crippen LogP contribution < -0.4 is 20.5 Å². The number of benzene rings is 2. The average Bonchev–Trinajstić information content (AvgIpc) is 2.78. The average molecular weight is 509 g/mol. The molecule has 7 nitrogen and oxygen atoms in total. The van der Waals surface area contributed by atoms with Crippen LogP contribution in [-0.4, -0.2) is 22.9 Å². The molecule has 3 N–H and O–H groups in total. The number of amides is 2. The van der Waals surface area contributed by atoms with Gasteiger partial charge >= 0.3 is 6.18 Å². The third kappa shape index (κ3) is 5.70.